The second-order valence-corrected chi connectivity index (χ2v) is 13.0. The summed E-state index contributed by atoms with van der Waals surface area (Å²) in [6.45, 7) is 4.36. The molecule has 5 aliphatic rings. The number of ether oxygens (including phenoxy) is 4. The number of aliphatic hydroxyl groups is 1. The molecule has 0 unspecified atom stereocenters. The third-order valence-electron chi connectivity index (χ3n) is 9.99. The number of hydrogen-bond donors (Lipinski definition) is 2. The van der Waals surface area contributed by atoms with E-state index in [0.717, 1.165) is 13.1 Å². The number of aliphatic hydroxyl groups excluding tert-OH is 1. The van der Waals surface area contributed by atoms with E-state index < -0.39 is 47.7 Å². The molecule has 6 rings (SSSR count). The van der Waals surface area contributed by atoms with E-state index in [0.29, 0.717) is 44.8 Å². The number of nitrogens with zero attached hydrogens (tertiary/aromatic N) is 3. The third-order valence-corrected chi connectivity index (χ3v) is 9.99. The number of nitrogens with one attached hydrogen (secondary N) is 1. The highest BCUT2D eigenvalue weighted by molar-refractivity contribution is 5.99. The van der Waals surface area contributed by atoms with Crippen molar-refractivity contribution in [2.24, 2.45) is 11.8 Å². The Labute approximate surface area is 280 Å². The van der Waals surface area contributed by atoms with Crippen LogP contribution < -0.4 is 5.32 Å². The summed E-state index contributed by atoms with van der Waals surface area (Å²) >= 11 is 0. The average molecular weight is 667 g/mol. The molecule has 0 aromatic heterocycles. The Morgan fingerprint density at radius 1 is 1.02 bits per heavy atom. The first-order valence-electron chi connectivity index (χ1n) is 16.9. The highest BCUT2D eigenvalue weighted by Gasteiger charge is 2.71. The Morgan fingerprint density at radius 2 is 1.81 bits per heavy atom. The molecule has 1 spiro atoms. The first kappa shape index (κ1) is 34.3. The molecule has 48 heavy (non-hydrogen) atoms. The lowest BCUT2D eigenvalue weighted by molar-refractivity contribution is -0.162. The van der Waals surface area contributed by atoms with Crippen LogP contribution in [-0.2, 0) is 38.1 Å². The van der Waals surface area contributed by atoms with E-state index in [4.69, 9.17) is 18.9 Å². The van der Waals surface area contributed by atoms with Crippen LogP contribution >= 0.6 is 0 Å². The molecule has 5 heterocycles. The van der Waals surface area contributed by atoms with E-state index >= 15 is 0 Å². The summed E-state index contributed by atoms with van der Waals surface area (Å²) < 4.78 is 24.0. The van der Waals surface area contributed by atoms with Crippen LogP contribution in [0.2, 0.25) is 0 Å². The summed E-state index contributed by atoms with van der Waals surface area (Å²) in [6.07, 6.45) is 6.20. The van der Waals surface area contributed by atoms with Crippen LogP contribution in [0.1, 0.15) is 30.9 Å². The Kier molecular flexibility index (Phi) is 10.9. The van der Waals surface area contributed by atoms with Gasteiger partial charge in [0.15, 0.2) is 0 Å². The Balaban J connectivity index is 1.36. The van der Waals surface area contributed by atoms with Crippen molar-refractivity contribution in [3.8, 4) is 0 Å². The number of morpholine rings is 1. The van der Waals surface area contributed by atoms with Crippen LogP contribution in [0.15, 0.2) is 54.6 Å². The number of benzene rings is 1. The largest absolute Gasteiger partial charge is 0.455 e. The standard InChI is InChI=1S/C35H46N4O9/c1-45-23-25-30(24-9-3-2-4-10-24)47-34(44)28-26(11-5-6-12-27(41)36-25)48-35-13-7-14-38(17-16-37-18-21-46-22-19-37)33(43)31(35)39(15-8-20-40)32(42)29(28)35/h2-5,7,9-11,13,25-26,28-31,40H,6,8,12,14-23H2,1H3,(H,36,41)/b11-5-/t25-,26-,28+,29+,30-,31-,35+/m0/s1. The van der Waals surface area contributed by atoms with Crippen molar-refractivity contribution in [3.05, 3.63) is 60.2 Å². The number of carbonyl (C=O) groups is 4. The van der Waals surface area contributed by atoms with E-state index in [2.05, 4.69) is 10.2 Å². The second kappa shape index (κ2) is 15.3. The molecule has 3 amide bonds. The maximum Gasteiger partial charge on any atom is 0.313 e. The Morgan fingerprint density at radius 3 is 2.56 bits per heavy atom. The highest BCUT2D eigenvalue weighted by Crippen LogP contribution is 2.53. The quantitative estimate of drug-likeness (QED) is 0.281. The zero-order chi connectivity index (χ0) is 33.7. The van der Waals surface area contributed by atoms with Crippen molar-refractivity contribution in [1.82, 2.24) is 20.0 Å². The van der Waals surface area contributed by atoms with E-state index in [1.807, 2.05) is 36.4 Å². The fraction of sp³-hybridized carbons (Fsp3) is 0.600. The normalized spacial score (nSPS) is 33.5. The summed E-state index contributed by atoms with van der Waals surface area (Å²) in [5.41, 5.74) is -0.773. The van der Waals surface area contributed by atoms with Crippen LogP contribution in [0.5, 0.6) is 0 Å². The molecule has 3 fully saturated rings. The molecule has 0 aliphatic carbocycles. The number of cyclic esters (lactones) is 1. The van der Waals surface area contributed by atoms with Gasteiger partial charge in [0.25, 0.3) is 0 Å². The molecule has 13 heteroatoms. The van der Waals surface area contributed by atoms with Crippen LogP contribution in [0, 0.1) is 11.8 Å². The lowest BCUT2D eigenvalue weighted by Gasteiger charge is -2.36. The maximum atomic E-state index is 14.5. The minimum Gasteiger partial charge on any atom is -0.455 e. The molecule has 0 radical (unpaired) electrons. The predicted octanol–water partition coefficient (Wildman–Crippen LogP) is 0.446. The van der Waals surface area contributed by atoms with Gasteiger partial charge in [-0.05, 0) is 18.4 Å². The van der Waals surface area contributed by atoms with Crippen molar-refractivity contribution in [2.75, 3.05) is 72.8 Å². The fourth-order valence-electron chi connectivity index (χ4n) is 7.71. The van der Waals surface area contributed by atoms with Gasteiger partial charge >= 0.3 is 5.97 Å². The topological polar surface area (TPSA) is 147 Å². The molecule has 7 atom stereocenters. The predicted molar refractivity (Wildman–Crippen MR) is 172 cm³/mol. The van der Waals surface area contributed by atoms with Crippen LogP contribution in [0.4, 0.5) is 0 Å². The molecular formula is C35H46N4O9. The van der Waals surface area contributed by atoms with Crippen LogP contribution in [0.3, 0.4) is 0 Å². The van der Waals surface area contributed by atoms with Gasteiger partial charge in [-0.15, -0.1) is 0 Å². The first-order valence-corrected chi connectivity index (χ1v) is 16.9. The smallest absolute Gasteiger partial charge is 0.313 e. The van der Waals surface area contributed by atoms with Gasteiger partial charge < -0.3 is 39.2 Å². The van der Waals surface area contributed by atoms with Crippen molar-refractivity contribution in [2.45, 2.75) is 49.2 Å². The van der Waals surface area contributed by atoms with Gasteiger partial charge in [-0.2, -0.15) is 0 Å². The lowest BCUT2D eigenvalue weighted by atomic mass is 9.77. The zero-order valence-corrected chi connectivity index (χ0v) is 27.4. The number of amides is 3. The lowest BCUT2D eigenvalue weighted by Crippen LogP contribution is -2.56. The van der Waals surface area contributed by atoms with Gasteiger partial charge in [0.1, 0.15) is 23.7 Å². The number of rotatable bonds is 9. The number of esters is 1. The van der Waals surface area contributed by atoms with Gasteiger partial charge in [0.2, 0.25) is 17.7 Å². The van der Waals surface area contributed by atoms with Crippen molar-refractivity contribution >= 4 is 23.7 Å². The third kappa shape index (κ3) is 6.79. The molecule has 3 saturated heterocycles. The van der Waals surface area contributed by atoms with Crippen molar-refractivity contribution < 1.29 is 43.2 Å². The molecular weight excluding hydrogens is 620 g/mol. The molecule has 0 saturated carbocycles. The molecule has 2 N–H and O–H groups in total. The van der Waals surface area contributed by atoms with Crippen molar-refractivity contribution in [3.63, 3.8) is 0 Å². The molecule has 1 aromatic rings. The minimum absolute atomic E-state index is 0.0832. The number of fused-ring (bicyclic) bond motifs is 2. The SMILES string of the molecule is COC[C@@H]1NC(=O)CC/C=C\[C@@H]2O[C@@]34C=CCN(CCN5CCOCC5)C(=O)[C@@H]3N(CCCO)C(=O)[C@H]4[C@@H]2C(=O)O[C@H]1c1ccccc1. The van der Waals surface area contributed by atoms with Gasteiger partial charge in [0, 0.05) is 59.4 Å². The van der Waals surface area contributed by atoms with E-state index in [1.54, 1.807) is 23.1 Å². The van der Waals surface area contributed by atoms with E-state index in [-0.39, 0.29) is 50.3 Å². The monoisotopic (exact) mass is 666 g/mol. The molecule has 5 aliphatic heterocycles. The van der Waals surface area contributed by atoms with Crippen LogP contribution in [-0.4, -0.2) is 140 Å². The summed E-state index contributed by atoms with van der Waals surface area (Å²) in [6, 6.07) is 7.39. The minimum atomic E-state index is -1.43. The Hall–Kier alpha value is -3.62. The van der Waals surface area contributed by atoms with Gasteiger partial charge in [-0.25, -0.2) is 0 Å². The molecule has 13 nitrogen and oxygen atoms in total. The summed E-state index contributed by atoms with van der Waals surface area (Å²) in [7, 11) is 1.51. The fourth-order valence-corrected chi connectivity index (χ4v) is 7.71. The van der Waals surface area contributed by atoms with Crippen LogP contribution in [0.25, 0.3) is 0 Å². The molecule has 1 aromatic carbocycles. The number of methoxy groups -OCH3 is 1. The van der Waals surface area contributed by atoms with Gasteiger partial charge in [0.05, 0.1) is 37.9 Å². The van der Waals surface area contributed by atoms with E-state index in [9.17, 15) is 24.3 Å². The second-order valence-electron chi connectivity index (χ2n) is 13.0. The number of allylic oxidation sites excluding steroid dienone is 1. The molecule has 0 bridgehead atoms. The summed E-state index contributed by atoms with van der Waals surface area (Å²) in [5.74, 6) is -3.64. The Bertz CT molecular complexity index is 1380. The summed E-state index contributed by atoms with van der Waals surface area (Å²) in [5, 5.41) is 12.7. The summed E-state index contributed by atoms with van der Waals surface area (Å²) in [4.78, 5) is 61.9. The number of carbonyl (C=O) groups excluding carboxylic acids is 4. The van der Waals surface area contributed by atoms with E-state index in [1.165, 1.54) is 12.0 Å². The highest BCUT2D eigenvalue weighted by atomic mass is 16.6. The number of likely N-dealkylation sites (tertiary alicyclic amines) is 1. The maximum absolute atomic E-state index is 14.5. The zero-order valence-electron chi connectivity index (χ0n) is 27.4. The van der Waals surface area contributed by atoms with Gasteiger partial charge in [-0.1, -0.05) is 54.6 Å². The molecule has 260 valence electrons. The van der Waals surface area contributed by atoms with Crippen molar-refractivity contribution in [1.29, 1.82) is 0 Å². The number of hydrogen-bond acceptors (Lipinski definition) is 10. The first-order chi connectivity index (χ1) is 23.4. The average Bonchev–Trinajstić information content (AvgIpc) is 3.48. The van der Waals surface area contributed by atoms with Gasteiger partial charge in [-0.3, -0.25) is 24.1 Å².